The van der Waals surface area contributed by atoms with E-state index in [2.05, 4.69) is 167 Å². The molecule has 0 aliphatic carbocycles. The van der Waals surface area contributed by atoms with Crippen molar-refractivity contribution in [1.29, 1.82) is 0 Å². The molecule has 9 heteroatoms. The van der Waals surface area contributed by atoms with Gasteiger partial charge in [0.25, 0.3) is 0 Å². The minimum Gasteiger partial charge on any atom is -0.382 e. The van der Waals surface area contributed by atoms with E-state index in [1.165, 1.54) is 35.8 Å². The zero-order valence-corrected chi connectivity index (χ0v) is 53.4. The molecule has 352 valence electrons. The van der Waals surface area contributed by atoms with Crippen molar-refractivity contribution in [2.45, 2.75) is 170 Å². The molecular weight excluding hydrogens is 994 g/mol. The Labute approximate surface area is 420 Å². The van der Waals surface area contributed by atoms with Crippen molar-refractivity contribution in [3.05, 3.63) is 59.9 Å². The van der Waals surface area contributed by atoms with Crippen LogP contribution in [0.4, 0.5) is 0 Å². The quantitative estimate of drug-likeness (QED) is 0.203. The summed E-state index contributed by atoms with van der Waals surface area (Å²) in [6.07, 6.45) is 9.24. The first-order valence-electron chi connectivity index (χ1n) is 18.5. The summed E-state index contributed by atoms with van der Waals surface area (Å²) in [7, 11) is 13.4. The van der Waals surface area contributed by atoms with Crippen LogP contribution in [0.15, 0.2) is 23.3 Å². The Bertz CT molecular complexity index is 542. The summed E-state index contributed by atoms with van der Waals surface area (Å²) < 4.78 is 4.75. The standard InChI is InChI=1S/C6H14.C5H12.2C5H10.C4H9NO.2C4H11N.C4H10O.C4H10S.C2H5.4CH3.V.W.Y/c1-5-6(2,3)4;3*1-4-5(2)3;1-4(6)5(2)3;2*1-4-5(2)3;2*1-4(2)5-3;1-2;;;;;;;/h5H2,1-4H3;5H,4H2,1-3H3;2*4H,1-3H3;1-3H3;2*4H2,1-3H3;2*4H,1-3H3;1H2,2H3;4*1H3;;;/q;;;;;;;;;5*-1;+2;;. The molecule has 0 saturated heterocycles. The first-order chi connectivity index (χ1) is 22.1. The van der Waals surface area contributed by atoms with Gasteiger partial charge in [0.05, 0.1) is 6.10 Å². The largest absolute Gasteiger partial charge is 2.00 e. The van der Waals surface area contributed by atoms with Gasteiger partial charge in [0, 0.05) is 81.9 Å². The molecule has 0 rings (SSSR count). The predicted octanol–water partition coefficient (Wildman–Crippen LogP) is 15.1. The minimum atomic E-state index is 0. The molecule has 56 heavy (non-hydrogen) atoms. The van der Waals surface area contributed by atoms with E-state index < -0.39 is 0 Å². The molecule has 0 saturated carbocycles. The Kier molecular flexibility index (Phi) is 193. The van der Waals surface area contributed by atoms with Gasteiger partial charge in [-0.1, -0.05) is 112 Å². The van der Waals surface area contributed by atoms with Gasteiger partial charge in [-0.2, -0.15) is 18.7 Å². The van der Waals surface area contributed by atoms with Gasteiger partial charge in [-0.15, -0.1) is 0 Å². The molecule has 0 aromatic rings. The van der Waals surface area contributed by atoms with Crippen LogP contribution in [0.3, 0.4) is 0 Å². The number of methoxy groups -OCH3 is 1. The van der Waals surface area contributed by atoms with Crippen LogP contribution in [-0.2, 0) is 81.9 Å². The zero-order chi connectivity index (χ0) is 42.4. The number of thioether (sulfide) groups is 1. The summed E-state index contributed by atoms with van der Waals surface area (Å²) in [4.78, 5) is 15.8. The molecule has 0 heterocycles. The van der Waals surface area contributed by atoms with E-state index in [4.69, 9.17) is 4.74 Å². The first-order valence-corrected chi connectivity index (χ1v) is 19.8. The van der Waals surface area contributed by atoms with E-state index in [9.17, 15) is 4.79 Å². The summed E-state index contributed by atoms with van der Waals surface area (Å²) in [5, 5.41) is 0.801. The van der Waals surface area contributed by atoms with Crippen LogP contribution < -0.4 is 0 Å². The summed E-state index contributed by atoms with van der Waals surface area (Å²) in [6.45, 7) is 49.4. The molecule has 1 amide bonds. The Hall–Kier alpha value is 1.56. The second-order valence-corrected chi connectivity index (χ2v) is 15.6. The maximum absolute atomic E-state index is 10.1. The fraction of sp³-hybridized carbons (Fsp3) is 0.787. The van der Waals surface area contributed by atoms with E-state index in [0.29, 0.717) is 11.5 Å². The van der Waals surface area contributed by atoms with Crippen LogP contribution >= 0.6 is 11.8 Å². The number of rotatable bonds is 5. The molecule has 0 bridgehead atoms. The summed E-state index contributed by atoms with van der Waals surface area (Å²) in [5.74, 6) is 0.977. The van der Waals surface area contributed by atoms with Crippen molar-refractivity contribution in [3.8, 4) is 0 Å². The van der Waals surface area contributed by atoms with E-state index in [0.717, 1.165) is 24.3 Å². The third-order valence-corrected chi connectivity index (χ3v) is 6.81. The fourth-order valence-corrected chi connectivity index (χ4v) is 0. The summed E-state index contributed by atoms with van der Waals surface area (Å²) in [5.41, 5.74) is 3.30. The molecule has 5 nitrogen and oxygen atoms in total. The monoisotopic (exact) mass is 1110 g/mol. The van der Waals surface area contributed by atoms with Crippen LogP contribution in [0.2, 0.25) is 0 Å². The summed E-state index contributed by atoms with van der Waals surface area (Å²) >= 11 is 1.88. The molecule has 0 N–H and O–H groups in total. The number of nitrogens with zero attached hydrogens (tertiary/aromatic N) is 3. The molecule has 0 aliphatic rings. The second kappa shape index (κ2) is 96.4. The average molecular weight is 1110 g/mol. The molecule has 0 aliphatic heterocycles. The van der Waals surface area contributed by atoms with Crippen molar-refractivity contribution in [2.24, 2.45) is 11.3 Å². The topological polar surface area (TPSA) is 36.0 Å². The number of allylic oxidation sites excluding steroid dienone is 4. The Balaban J connectivity index is -0.0000000200. The van der Waals surface area contributed by atoms with Gasteiger partial charge < -0.3 is 56.1 Å². The molecule has 2 radical (unpaired) electrons. The van der Waals surface area contributed by atoms with Crippen molar-refractivity contribution >= 4 is 17.7 Å². The van der Waals surface area contributed by atoms with Crippen molar-refractivity contribution in [3.63, 3.8) is 0 Å². The van der Waals surface area contributed by atoms with Gasteiger partial charge in [0.2, 0.25) is 5.91 Å². The average Bonchev–Trinajstić information content (AvgIpc) is 3.03. The first kappa shape index (κ1) is 112. The SMILES string of the molecule is CC(=O)N(C)C.CC=C(C)C.CC=C(C)C.CCC(C)(C)C.CCC(C)C.CCN(C)C.CCN(C)C.COC(C)C.CSC(C)C.[CH2-]C.[CH3-].[CH3-].[CH3-].[CH3-].[V+2].[W].[Y]. The van der Waals surface area contributed by atoms with Crippen LogP contribution in [0, 0.1) is 48.0 Å². The number of ether oxygens (including phenoxy) is 1. The Morgan fingerprint density at radius 2 is 0.821 bits per heavy atom. The van der Waals surface area contributed by atoms with Crippen molar-refractivity contribution in [1.82, 2.24) is 14.7 Å². The van der Waals surface area contributed by atoms with Gasteiger partial charge in [-0.3, -0.25) is 4.79 Å². The number of carbonyl (C=O) groups is 1. The normalized spacial score (nSPS) is 7.77. The van der Waals surface area contributed by atoms with Crippen LogP contribution in [-0.4, -0.2) is 101 Å². The maximum Gasteiger partial charge on any atom is 2.00 e. The third-order valence-electron chi connectivity index (χ3n) is 5.87. The predicted molar refractivity (Wildman–Crippen MR) is 265 cm³/mol. The molecule has 0 aromatic heterocycles. The molecule has 0 unspecified atom stereocenters. The molecule has 0 aromatic carbocycles. The molecule has 0 spiro atoms. The Morgan fingerprint density at radius 1 is 0.696 bits per heavy atom. The van der Waals surface area contributed by atoms with Gasteiger partial charge in [-0.25, -0.2) is 0 Å². The van der Waals surface area contributed by atoms with Gasteiger partial charge in [0.15, 0.2) is 0 Å². The fourth-order valence-electron chi connectivity index (χ4n) is 0. The molecule has 0 fully saturated rings. The number of hydrogen-bond acceptors (Lipinski definition) is 5. The number of hydrogen-bond donors (Lipinski definition) is 0. The minimum absolute atomic E-state index is 0. The molecular formula is C47H114N3O2SVWY-3. The maximum atomic E-state index is 10.1. The zero-order valence-electron chi connectivity index (χ0n) is 45.4. The van der Waals surface area contributed by atoms with Crippen molar-refractivity contribution < 1.29 is 81.9 Å². The van der Waals surface area contributed by atoms with E-state index in [1.807, 2.05) is 39.5 Å². The summed E-state index contributed by atoms with van der Waals surface area (Å²) in [6, 6.07) is 0. The smallest absolute Gasteiger partial charge is 0.382 e. The van der Waals surface area contributed by atoms with E-state index >= 15 is 0 Å². The van der Waals surface area contributed by atoms with E-state index in [-0.39, 0.29) is 108 Å². The van der Waals surface area contributed by atoms with Crippen LogP contribution in [0.25, 0.3) is 0 Å². The van der Waals surface area contributed by atoms with Crippen LogP contribution in [0.5, 0.6) is 0 Å². The molecule has 0 atom stereocenters. The third kappa shape index (κ3) is 325. The number of amides is 1. The van der Waals surface area contributed by atoms with Crippen molar-refractivity contribution in [2.75, 3.05) is 68.7 Å². The second-order valence-electron chi connectivity index (χ2n) is 14.2. The number of carbonyl (C=O) groups excluding carboxylic acids is 1. The van der Waals surface area contributed by atoms with E-state index in [1.54, 1.807) is 28.1 Å². The Morgan fingerprint density at radius 3 is 0.821 bits per heavy atom. The van der Waals surface area contributed by atoms with Gasteiger partial charge in [-0.05, 0) is 120 Å². The van der Waals surface area contributed by atoms with Gasteiger partial charge >= 0.3 is 18.6 Å². The van der Waals surface area contributed by atoms with Crippen LogP contribution in [0.1, 0.15) is 158 Å². The van der Waals surface area contributed by atoms with Gasteiger partial charge in [0.1, 0.15) is 0 Å².